The van der Waals surface area contributed by atoms with Crippen LogP contribution in [0.4, 0.5) is 0 Å². The lowest BCUT2D eigenvalue weighted by atomic mass is 9.93. The van der Waals surface area contributed by atoms with Crippen molar-refractivity contribution < 1.29 is 29.3 Å². The van der Waals surface area contributed by atoms with E-state index < -0.39 is 11.9 Å². The smallest absolute Gasteiger partial charge is 0.336 e. The summed E-state index contributed by atoms with van der Waals surface area (Å²) in [5, 5.41) is 18.7. The van der Waals surface area contributed by atoms with Crippen molar-refractivity contribution in [3.63, 3.8) is 0 Å². The second kappa shape index (κ2) is 9.47. The van der Waals surface area contributed by atoms with Crippen LogP contribution in [0, 0.1) is 13.8 Å². The first-order chi connectivity index (χ1) is 15.2. The van der Waals surface area contributed by atoms with Crippen molar-refractivity contribution in [1.82, 2.24) is 0 Å². The lowest BCUT2D eigenvalue weighted by molar-refractivity contribution is 0.0695. The highest BCUT2D eigenvalue weighted by Crippen LogP contribution is 2.25. The molecule has 0 amide bonds. The van der Waals surface area contributed by atoms with E-state index >= 15 is 0 Å². The number of ether oxygens (including phenoxy) is 1. The number of benzene rings is 3. The Morgan fingerprint density at radius 2 is 1.53 bits per heavy atom. The monoisotopic (exact) mass is 432 g/mol. The van der Waals surface area contributed by atoms with Crippen molar-refractivity contribution in [1.29, 1.82) is 0 Å². The zero-order valence-electron chi connectivity index (χ0n) is 18.1. The predicted octanol–water partition coefficient (Wildman–Crippen LogP) is 5.07. The van der Waals surface area contributed by atoms with Crippen molar-refractivity contribution in [2.24, 2.45) is 0 Å². The molecule has 0 aliphatic carbocycles. The fourth-order valence-electron chi connectivity index (χ4n) is 3.58. The van der Waals surface area contributed by atoms with Gasteiger partial charge in [0, 0.05) is 5.56 Å². The summed E-state index contributed by atoms with van der Waals surface area (Å²) < 4.78 is 6.04. The summed E-state index contributed by atoms with van der Waals surface area (Å²) in [7, 11) is 0. The van der Waals surface area contributed by atoms with Gasteiger partial charge in [0.2, 0.25) is 0 Å². The first-order valence-electron chi connectivity index (χ1n) is 10.1. The van der Waals surface area contributed by atoms with Gasteiger partial charge in [0.15, 0.2) is 5.78 Å². The van der Waals surface area contributed by atoms with Crippen LogP contribution in [0.2, 0.25) is 0 Å². The standard InChI is InChI=1S/C26H24O6/c1-15-5-4-6-19(12-20-7-8-21(25(28)29)13-22(20)26(30)31)23(15)14-32-24-10-9-18(17(3)27)11-16(24)2/h4-11,13H,12,14H2,1-3H3,(H,28,29)(H,30,31). The number of Topliss-reactive ketones (excluding diaryl/α,β-unsaturated/α-hetero) is 1. The maximum Gasteiger partial charge on any atom is 0.336 e. The first-order valence-corrected chi connectivity index (χ1v) is 10.1. The van der Waals surface area contributed by atoms with E-state index in [2.05, 4.69) is 0 Å². The molecule has 3 aromatic rings. The van der Waals surface area contributed by atoms with E-state index in [0.29, 0.717) is 23.3 Å². The predicted molar refractivity (Wildman–Crippen MR) is 120 cm³/mol. The van der Waals surface area contributed by atoms with E-state index in [4.69, 9.17) is 4.74 Å². The molecule has 0 bridgehead atoms. The molecule has 0 fully saturated rings. The minimum Gasteiger partial charge on any atom is -0.489 e. The van der Waals surface area contributed by atoms with Crippen LogP contribution < -0.4 is 4.74 Å². The van der Waals surface area contributed by atoms with E-state index in [9.17, 15) is 24.6 Å². The van der Waals surface area contributed by atoms with Crippen molar-refractivity contribution in [2.75, 3.05) is 0 Å². The van der Waals surface area contributed by atoms with E-state index in [0.717, 1.165) is 22.3 Å². The van der Waals surface area contributed by atoms with Crippen LogP contribution in [-0.2, 0) is 13.0 Å². The number of aryl methyl sites for hydroxylation is 2. The zero-order valence-corrected chi connectivity index (χ0v) is 18.1. The summed E-state index contributed by atoms with van der Waals surface area (Å²) in [5.74, 6) is -1.69. The molecule has 0 aromatic heterocycles. The van der Waals surface area contributed by atoms with Crippen molar-refractivity contribution >= 4 is 17.7 Å². The van der Waals surface area contributed by atoms with Gasteiger partial charge in [-0.05, 0) is 85.3 Å². The maximum atomic E-state index is 11.7. The molecule has 0 aliphatic heterocycles. The van der Waals surface area contributed by atoms with Gasteiger partial charge in [0.05, 0.1) is 11.1 Å². The Morgan fingerprint density at radius 3 is 2.16 bits per heavy atom. The number of ketones is 1. The minimum absolute atomic E-state index is 0.0102. The van der Waals surface area contributed by atoms with Gasteiger partial charge in [-0.3, -0.25) is 4.79 Å². The Hall–Kier alpha value is -3.93. The molecule has 0 radical (unpaired) electrons. The Morgan fingerprint density at radius 1 is 0.812 bits per heavy atom. The quantitative estimate of drug-likeness (QED) is 0.482. The van der Waals surface area contributed by atoms with Gasteiger partial charge in [0.25, 0.3) is 0 Å². The van der Waals surface area contributed by atoms with Crippen molar-refractivity contribution in [3.8, 4) is 5.75 Å². The van der Waals surface area contributed by atoms with Crippen LogP contribution in [-0.4, -0.2) is 27.9 Å². The van der Waals surface area contributed by atoms with E-state index in [1.807, 2.05) is 32.0 Å². The van der Waals surface area contributed by atoms with E-state index in [1.54, 1.807) is 24.3 Å². The molecule has 164 valence electrons. The highest BCUT2D eigenvalue weighted by molar-refractivity contribution is 5.95. The number of hydrogen-bond acceptors (Lipinski definition) is 4. The Balaban J connectivity index is 1.90. The van der Waals surface area contributed by atoms with Gasteiger partial charge in [-0.15, -0.1) is 0 Å². The Labute approximate surface area is 186 Å². The normalized spacial score (nSPS) is 10.6. The lowest BCUT2D eigenvalue weighted by Gasteiger charge is -2.16. The third kappa shape index (κ3) is 5.03. The molecule has 0 aliphatic rings. The average Bonchev–Trinajstić information content (AvgIpc) is 2.74. The summed E-state index contributed by atoms with van der Waals surface area (Å²) in [6.07, 6.45) is 0.324. The molecule has 6 nitrogen and oxygen atoms in total. The zero-order chi connectivity index (χ0) is 23.4. The van der Waals surface area contributed by atoms with Crippen molar-refractivity contribution in [2.45, 2.75) is 33.8 Å². The minimum atomic E-state index is -1.17. The molecule has 3 rings (SSSR count). The highest BCUT2D eigenvalue weighted by atomic mass is 16.5. The third-order valence-corrected chi connectivity index (χ3v) is 5.43. The fraction of sp³-hybridized carbons (Fsp3) is 0.192. The van der Waals surface area contributed by atoms with Crippen LogP contribution in [0.3, 0.4) is 0 Å². The van der Waals surface area contributed by atoms with E-state index in [-0.39, 0.29) is 23.5 Å². The fourth-order valence-corrected chi connectivity index (χ4v) is 3.58. The Bertz CT molecular complexity index is 1210. The van der Waals surface area contributed by atoms with Gasteiger partial charge >= 0.3 is 11.9 Å². The molecule has 0 atom stereocenters. The molecule has 0 saturated carbocycles. The first kappa shape index (κ1) is 22.7. The van der Waals surface area contributed by atoms with Crippen LogP contribution in [0.1, 0.15) is 65.8 Å². The third-order valence-electron chi connectivity index (χ3n) is 5.43. The second-order valence-corrected chi connectivity index (χ2v) is 7.70. The number of carboxylic acid groups (broad SMARTS) is 2. The molecular formula is C26H24O6. The molecule has 3 aromatic carbocycles. The van der Waals surface area contributed by atoms with Crippen LogP contribution >= 0.6 is 0 Å². The number of aromatic carboxylic acids is 2. The van der Waals surface area contributed by atoms with Crippen LogP contribution in [0.25, 0.3) is 0 Å². The molecule has 0 saturated heterocycles. The SMILES string of the molecule is CC(=O)c1ccc(OCc2c(C)cccc2Cc2ccc(C(=O)O)cc2C(=O)O)c(C)c1. The number of carbonyl (C=O) groups excluding carboxylic acids is 1. The van der Waals surface area contributed by atoms with Crippen molar-refractivity contribution in [3.05, 3.63) is 99.1 Å². The number of hydrogen-bond donors (Lipinski definition) is 2. The van der Waals surface area contributed by atoms with Crippen LogP contribution in [0.15, 0.2) is 54.6 Å². The van der Waals surface area contributed by atoms with Gasteiger partial charge in [-0.1, -0.05) is 24.3 Å². The second-order valence-electron chi connectivity index (χ2n) is 7.70. The summed E-state index contributed by atoms with van der Waals surface area (Å²) >= 11 is 0. The summed E-state index contributed by atoms with van der Waals surface area (Å²) in [4.78, 5) is 34.5. The van der Waals surface area contributed by atoms with Gasteiger partial charge in [-0.2, -0.15) is 0 Å². The maximum absolute atomic E-state index is 11.7. The number of carboxylic acids is 2. The summed E-state index contributed by atoms with van der Waals surface area (Å²) in [6.45, 7) is 5.63. The molecule has 0 heterocycles. The van der Waals surface area contributed by atoms with Crippen LogP contribution in [0.5, 0.6) is 5.75 Å². The molecule has 2 N–H and O–H groups in total. The van der Waals surface area contributed by atoms with Gasteiger partial charge < -0.3 is 14.9 Å². The number of rotatable bonds is 8. The molecule has 6 heteroatoms. The highest BCUT2D eigenvalue weighted by Gasteiger charge is 2.16. The summed E-state index contributed by atoms with van der Waals surface area (Å²) in [5.41, 5.74) is 4.73. The molecular weight excluding hydrogens is 408 g/mol. The lowest BCUT2D eigenvalue weighted by Crippen LogP contribution is -2.09. The summed E-state index contributed by atoms with van der Waals surface area (Å²) in [6, 6.07) is 15.2. The average molecular weight is 432 g/mol. The number of carbonyl (C=O) groups is 3. The van der Waals surface area contributed by atoms with Gasteiger partial charge in [-0.25, -0.2) is 9.59 Å². The van der Waals surface area contributed by atoms with Gasteiger partial charge in [0.1, 0.15) is 12.4 Å². The topological polar surface area (TPSA) is 101 Å². The molecule has 0 unspecified atom stereocenters. The largest absolute Gasteiger partial charge is 0.489 e. The Kier molecular flexibility index (Phi) is 6.73. The molecule has 32 heavy (non-hydrogen) atoms. The molecule has 0 spiro atoms. The van der Waals surface area contributed by atoms with E-state index in [1.165, 1.54) is 19.1 Å².